The maximum Gasteiger partial charge on any atom is 0.410 e. The summed E-state index contributed by atoms with van der Waals surface area (Å²) in [6, 6.07) is 6.13. The number of ether oxygens (including phenoxy) is 1. The quantitative estimate of drug-likeness (QED) is 0.222. The number of allylic oxidation sites excluding steroid dienone is 1. The van der Waals surface area contributed by atoms with Crippen LogP contribution in [0.1, 0.15) is 94.1 Å². The van der Waals surface area contributed by atoms with Crippen molar-refractivity contribution in [3.63, 3.8) is 0 Å². The van der Waals surface area contributed by atoms with E-state index in [4.69, 9.17) is 4.74 Å². The molecule has 2 saturated heterocycles. The number of nitrogens with zero attached hydrogens (tertiary/aromatic N) is 2. The zero-order chi connectivity index (χ0) is 31.9. The summed E-state index contributed by atoms with van der Waals surface area (Å²) < 4.78 is 5.71. The largest absolute Gasteiger partial charge is 0.444 e. The van der Waals surface area contributed by atoms with E-state index in [0.29, 0.717) is 42.4 Å². The van der Waals surface area contributed by atoms with Gasteiger partial charge in [-0.2, -0.15) is 0 Å². The number of carbonyl (C=O) groups is 3. The number of benzene rings is 1. The number of carbonyl (C=O) groups excluding carboxylic acids is 3. The van der Waals surface area contributed by atoms with Crippen molar-refractivity contribution >= 4 is 31.7 Å². The summed E-state index contributed by atoms with van der Waals surface area (Å²) in [5.41, 5.74) is 5.05. The fourth-order valence-corrected chi connectivity index (χ4v) is 13.3. The normalized spacial score (nSPS) is 25.6. The molecular weight excluding hydrogens is 554 g/mol. The van der Waals surface area contributed by atoms with Crippen LogP contribution in [-0.4, -0.2) is 66.1 Å². The summed E-state index contributed by atoms with van der Waals surface area (Å²) in [5.74, 6) is 3.41. The van der Waals surface area contributed by atoms with E-state index in [1.807, 2.05) is 69.0 Å². The Hall–Kier alpha value is -3.05. The summed E-state index contributed by atoms with van der Waals surface area (Å²) in [7, 11) is -2.20. The fraction of sp³-hybridized carbons (Fsp3) is 0.629. The minimum atomic E-state index is -2.20. The zero-order valence-corrected chi connectivity index (χ0v) is 28.8. The average Bonchev–Trinajstić information content (AvgIpc) is 3.59. The molecule has 0 unspecified atom stereocenters. The molecule has 234 valence electrons. The van der Waals surface area contributed by atoms with Crippen LogP contribution in [0.2, 0.25) is 16.6 Å². The van der Waals surface area contributed by atoms with Gasteiger partial charge in [0.25, 0.3) is 0 Å². The van der Waals surface area contributed by atoms with Crippen molar-refractivity contribution in [2.24, 2.45) is 0 Å². The molecule has 3 aliphatic rings. The van der Waals surface area contributed by atoms with Gasteiger partial charge >= 0.3 is 6.09 Å². The molecule has 0 aromatic heterocycles. The minimum Gasteiger partial charge on any atom is -0.444 e. The van der Waals surface area contributed by atoms with Gasteiger partial charge in [-0.1, -0.05) is 77.8 Å². The number of para-hydroxylation sites is 1. The van der Waals surface area contributed by atoms with E-state index in [1.165, 1.54) is 0 Å². The number of nitrogens with one attached hydrogen (secondary N) is 1. The molecule has 3 amide bonds. The van der Waals surface area contributed by atoms with Gasteiger partial charge in [0, 0.05) is 12.2 Å². The van der Waals surface area contributed by atoms with Gasteiger partial charge in [0.1, 0.15) is 31.2 Å². The topological polar surface area (TPSA) is 79.0 Å². The summed E-state index contributed by atoms with van der Waals surface area (Å²) in [5, 5.41) is 3.13. The highest BCUT2D eigenvalue weighted by Gasteiger charge is 2.62. The van der Waals surface area contributed by atoms with Crippen molar-refractivity contribution in [1.82, 2.24) is 9.80 Å². The second-order valence-electron chi connectivity index (χ2n) is 14.4. The lowest BCUT2D eigenvalue weighted by atomic mass is 9.74. The monoisotopic (exact) mass is 605 g/mol. The lowest BCUT2D eigenvalue weighted by molar-refractivity contribution is -0.137. The van der Waals surface area contributed by atoms with Gasteiger partial charge in [-0.15, -0.1) is 5.54 Å². The summed E-state index contributed by atoms with van der Waals surface area (Å²) >= 11 is 0. The Morgan fingerprint density at radius 2 is 1.72 bits per heavy atom. The fourth-order valence-electron chi connectivity index (χ4n) is 8.01. The molecule has 0 saturated carbocycles. The first-order valence-electron chi connectivity index (χ1n) is 16.0. The van der Waals surface area contributed by atoms with Gasteiger partial charge in [0.2, 0.25) is 11.8 Å². The van der Waals surface area contributed by atoms with Crippen LogP contribution in [0, 0.1) is 11.5 Å². The second kappa shape index (κ2) is 12.1. The van der Waals surface area contributed by atoms with Gasteiger partial charge in [-0.3, -0.25) is 14.5 Å². The molecule has 3 aliphatic heterocycles. The Bertz CT molecular complexity index is 1310. The molecule has 0 bridgehead atoms. The first kappa shape index (κ1) is 32.9. The second-order valence-corrected chi connectivity index (χ2v) is 20.0. The van der Waals surface area contributed by atoms with E-state index >= 15 is 0 Å². The summed E-state index contributed by atoms with van der Waals surface area (Å²) in [6.07, 6.45) is 5.19. The molecule has 4 atom stereocenters. The lowest BCUT2D eigenvalue weighted by Crippen LogP contribution is -2.55. The Kier molecular flexibility index (Phi) is 9.28. The molecule has 43 heavy (non-hydrogen) atoms. The van der Waals surface area contributed by atoms with Crippen molar-refractivity contribution in [1.29, 1.82) is 0 Å². The van der Waals surface area contributed by atoms with Crippen LogP contribution in [0.25, 0.3) is 0 Å². The third-order valence-electron chi connectivity index (χ3n) is 9.82. The number of hydrogen-bond acceptors (Lipinski definition) is 4. The van der Waals surface area contributed by atoms with Crippen LogP contribution in [0.15, 0.2) is 36.4 Å². The molecule has 1 aromatic carbocycles. The van der Waals surface area contributed by atoms with Crippen molar-refractivity contribution in [3.8, 4) is 11.5 Å². The van der Waals surface area contributed by atoms with Crippen molar-refractivity contribution in [3.05, 3.63) is 42.0 Å². The molecular formula is C35H51N3O4Si. The van der Waals surface area contributed by atoms with Crippen molar-refractivity contribution < 1.29 is 19.1 Å². The number of likely N-dealkylation sites (tertiary alicyclic amines) is 2. The molecule has 3 heterocycles. The van der Waals surface area contributed by atoms with Crippen molar-refractivity contribution in [2.45, 2.75) is 134 Å². The van der Waals surface area contributed by atoms with E-state index in [9.17, 15) is 14.4 Å². The predicted octanol–water partition coefficient (Wildman–Crippen LogP) is 7.04. The first-order chi connectivity index (χ1) is 20.1. The smallest absolute Gasteiger partial charge is 0.410 e. The molecule has 0 radical (unpaired) electrons. The highest BCUT2D eigenvalue weighted by atomic mass is 28.3. The molecule has 4 rings (SSSR count). The van der Waals surface area contributed by atoms with E-state index in [2.05, 4.69) is 58.3 Å². The molecule has 1 N–H and O–H groups in total. The van der Waals surface area contributed by atoms with Gasteiger partial charge in [-0.25, -0.2) is 4.79 Å². The summed E-state index contributed by atoms with van der Waals surface area (Å²) in [4.78, 5) is 45.6. The third-order valence-corrected chi connectivity index (χ3v) is 16.1. The number of anilines is 1. The van der Waals surface area contributed by atoms with Crippen molar-refractivity contribution in [2.75, 3.05) is 11.9 Å². The number of rotatable bonds is 5. The highest BCUT2D eigenvalue weighted by molar-refractivity contribution is 6.90. The highest BCUT2D eigenvalue weighted by Crippen LogP contribution is 2.51. The van der Waals surface area contributed by atoms with E-state index < -0.39 is 37.3 Å². The molecule has 2 fully saturated rings. The standard InChI is InChI=1S/C35H51N3O4Si/c1-11-15-26-22-35(27-16-12-13-17-28(27)36-32(35)40)30(19-21-43(23(2)3,24(4)5)25(6)7)38(26)31(39)29-18-14-20-37(29)33(41)42-34(8,9)10/h11-13,15-17,23-26,29-30H,14,18,20,22H2,1-10H3,(H,36,40)/b15-11+/t26-,29-,30-,35-/m0/s1. The van der Waals surface area contributed by atoms with Crippen LogP contribution >= 0.6 is 0 Å². The van der Waals surface area contributed by atoms with Crippen LogP contribution in [0.4, 0.5) is 10.5 Å². The van der Waals surface area contributed by atoms with Crippen LogP contribution in [-0.2, 0) is 19.7 Å². The Morgan fingerprint density at radius 3 is 2.30 bits per heavy atom. The molecule has 1 aromatic rings. The Labute approximate surface area is 259 Å². The van der Waals surface area contributed by atoms with Crippen LogP contribution in [0.5, 0.6) is 0 Å². The molecule has 1 spiro atoms. The maximum atomic E-state index is 14.8. The number of hydrogen-bond donors (Lipinski definition) is 1. The maximum absolute atomic E-state index is 14.8. The Balaban J connectivity index is 1.91. The van der Waals surface area contributed by atoms with Gasteiger partial charge in [0.05, 0.1) is 6.04 Å². The van der Waals surface area contributed by atoms with Gasteiger partial charge < -0.3 is 15.0 Å². The zero-order valence-electron chi connectivity index (χ0n) is 27.8. The average molecular weight is 606 g/mol. The predicted molar refractivity (Wildman–Crippen MR) is 175 cm³/mol. The molecule has 8 heteroatoms. The van der Waals surface area contributed by atoms with Crippen LogP contribution < -0.4 is 5.32 Å². The summed E-state index contributed by atoms with van der Waals surface area (Å²) in [6.45, 7) is 21.5. The molecule has 7 nitrogen and oxygen atoms in total. The van der Waals surface area contributed by atoms with Gasteiger partial charge in [-0.05, 0) is 75.2 Å². The number of fused-ring (bicyclic) bond motifs is 2. The number of amides is 3. The van der Waals surface area contributed by atoms with E-state index in [1.54, 1.807) is 4.90 Å². The SMILES string of the molecule is C/C=C/[C@H]1C[C@@]2(C(=O)Nc3ccccc32)[C@H](C#C[Si](C(C)C)(C(C)C)C(C)C)N1C(=O)[C@@H]1CCCN1C(=O)OC(C)(C)C. The lowest BCUT2D eigenvalue weighted by Gasteiger charge is -2.39. The first-order valence-corrected chi connectivity index (χ1v) is 18.2. The van der Waals surface area contributed by atoms with Crippen LogP contribution in [0.3, 0.4) is 0 Å². The van der Waals surface area contributed by atoms with E-state index in [-0.39, 0.29) is 17.9 Å². The Morgan fingerprint density at radius 1 is 1.09 bits per heavy atom. The molecule has 0 aliphatic carbocycles. The minimum absolute atomic E-state index is 0.112. The van der Waals surface area contributed by atoms with Gasteiger partial charge in [0.15, 0.2) is 0 Å². The van der Waals surface area contributed by atoms with E-state index in [0.717, 1.165) is 11.3 Å². The third kappa shape index (κ3) is 5.66.